The molecule has 31 N–H and O–H groups in total. The summed E-state index contributed by atoms with van der Waals surface area (Å²) in [6.45, 7) is 7.57. The summed E-state index contributed by atoms with van der Waals surface area (Å²) in [6.07, 6.45) is -7.85. The number of nitrogen functional groups attached to an aromatic ring is 8. The number of likely N-dealkylation sites (N-methyl/N-ethyl adjacent to an activating group) is 2. The maximum absolute atomic E-state index is 12.8. The van der Waals surface area contributed by atoms with Crippen molar-refractivity contribution >= 4 is 150 Å². The molecule has 0 aliphatic carbocycles. The molecule has 1 unspecified atom stereocenters. The van der Waals surface area contributed by atoms with E-state index in [2.05, 4.69) is 68.4 Å². The van der Waals surface area contributed by atoms with Crippen LogP contribution in [0.2, 0.25) is 0 Å². The molecule has 9 aromatic rings. The number of halogens is 7. The third kappa shape index (κ3) is 33.6. The number of anilines is 9. The molecule has 9 amide bonds. The Labute approximate surface area is 809 Å². The first-order chi connectivity index (χ1) is 64.2. The highest BCUT2D eigenvalue weighted by Crippen LogP contribution is 2.43. The van der Waals surface area contributed by atoms with Crippen LogP contribution in [0.3, 0.4) is 0 Å². The van der Waals surface area contributed by atoms with Gasteiger partial charge in [0.2, 0.25) is 0 Å². The first-order valence-corrected chi connectivity index (χ1v) is 43.3. The van der Waals surface area contributed by atoms with Gasteiger partial charge in [-0.25, -0.2) is 0 Å². The second kappa shape index (κ2) is 51.1. The Bertz CT molecular complexity index is 5970. The van der Waals surface area contributed by atoms with E-state index in [4.69, 9.17) is 65.3 Å². The lowest BCUT2D eigenvalue weighted by molar-refractivity contribution is -0.894. The maximum atomic E-state index is 12.8. The van der Waals surface area contributed by atoms with E-state index >= 15 is 0 Å². The maximum Gasteiger partial charge on any atom is 0.416 e. The highest BCUT2D eigenvalue weighted by molar-refractivity contribution is 9.10. The van der Waals surface area contributed by atoms with Crippen LogP contribution < -0.4 is 87.2 Å². The molecule has 2 aliphatic heterocycles. The number of carbonyl (C=O) groups excluding carboxylic acids is 9. The molecule has 139 heavy (non-hydrogen) atoms. The topological polar surface area (TPSA) is 685 Å². The lowest BCUT2D eigenvalue weighted by Gasteiger charge is -2.39. The van der Waals surface area contributed by atoms with Crippen molar-refractivity contribution in [1.82, 2.24) is 40.9 Å². The summed E-state index contributed by atoms with van der Waals surface area (Å²) in [4.78, 5) is 114. The number of hydrogen-bond acceptors (Lipinski definition) is 29. The number of likely N-dealkylation sites (tertiary alicyclic amines) is 1. The van der Waals surface area contributed by atoms with Gasteiger partial charge in [0, 0.05) is 107 Å². The number of piperazine rings is 1. The molecule has 41 nitrogen and oxygen atoms in total. The third-order valence-corrected chi connectivity index (χ3v) is 21.6. The molecule has 2 aliphatic rings. The van der Waals surface area contributed by atoms with Gasteiger partial charge in [0.25, 0.3) is 63.3 Å². The molecular weight excluding hydrogens is 1940 g/mol. The predicted octanol–water partition coefficient (Wildman–Crippen LogP) is 8.03. The molecule has 0 radical (unpaired) electrons. The standard InChI is InChI=1S/C15H10F6N2O2.C15H23N3O3.C14H20BrN3O3.C14H14N4O2.C12H17N3O3.C10H13N3O3.C9H12N2O5S.H2S/c16-14(17,18)7-3-8(15(19,20)21)5-10(4-7)23-13(25)11-6-9(22)1-2-12(11)24;1-3-18-8-4-5-10(18)9-17-15(20)13-12(19)7-6-11(16)14(13)21-2;1-18(2)6-4-17(5-7-18)14(20)9-8-10(16)13(21-3)11(15)12(9)19;15-9-3-6-12(19)11(7-9)14(20)18-10-4-1-8(2-5-10)13(16)17;1-14(2)11(17)8-5-7(13)6-9(10(8)16)12(18)15(3)4;1-12-9(15)6-3-5(11)4-7(8(6)14)10(16)13-2;10-6-1-2-8(12)7(5-6)9(13)11-3-4-17(14,15)16;/h1-6,24H,22H2,(H,23,25);6-7,10,19H,3-5,8-9,16H2,1-2H3,(H,17,20);8H,4-7,16H2,1-3H3;1-7,19H,15H2,(H3,16,17)(H,18,20);5-6,16H,13H2,1-4H3;3-4,14H,11H2,1-2H3,(H,12,15)(H,13,16);1-2,5,12H,3-4,10H2,(H,11,13)(H,14,15,16);1H2/p+1. The number of carbonyl (C=O) groups is 9. The predicted molar refractivity (Wildman–Crippen MR) is 521 cm³/mol. The summed E-state index contributed by atoms with van der Waals surface area (Å²) in [7, 11) is 12.1. The van der Waals surface area contributed by atoms with Gasteiger partial charge in [-0.1, -0.05) is 6.92 Å². The summed E-state index contributed by atoms with van der Waals surface area (Å²) in [6, 6.07) is 28.8. The molecule has 11 rings (SSSR count). The van der Waals surface area contributed by atoms with E-state index in [-0.39, 0.29) is 146 Å². The quantitative estimate of drug-likeness (QED) is 0.00652. The number of nitrogens with one attached hydrogen (secondary N) is 7. The minimum Gasteiger partial charge on any atom is -0.507 e. The molecule has 0 spiro atoms. The summed E-state index contributed by atoms with van der Waals surface area (Å²) >= 11 is 3.22. The van der Waals surface area contributed by atoms with E-state index in [0.29, 0.717) is 82.0 Å². The molecule has 754 valence electrons. The van der Waals surface area contributed by atoms with Gasteiger partial charge in [-0.2, -0.15) is 48.3 Å². The van der Waals surface area contributed by atoms with E-state index in [0.717, 1.165) is 55.6 Å². The van der Waals surface area contributed by atoms with Crippen molar-refractivity contribution in [2.24, 2.45) is 5.73 Å². The minimum atomic E-state index is -5.04. The number of benzene rings is 9. The average molecular weight is 2060 g/mol. The van der Waals surface area contributed by atoms with Crippen LogP contribution in [0.1, 0.15) is 130 Å². The van der Waals surface area contributed by atoms with Crippen molar-refractivity contribution in [1.29, 1.82) is 5.41 Å². The van der Waals surface area contributed by atoms with Gasteiger partial charge in [0.05, 0.1) is 127 Å². The molecule has 9 aromatic carbocycles. The number of phenols is 7. The number of phenolic OH excluding ortho intramolecular Hbond substituents is 7. The Morgan fingerprint density at radius 1 is 0.511 bits per heavy atom. The summed E-state index contributed by atoms with van der Waals surface area (Å²) < 4.78 is 117. The number of rotatable bonds is 20. The first kappa shape index (κ1) is 116. The van der Waals surface area contributed by atoms with Crippen molar-refractivity contribution in [3.63, 3.8) is 0 Å². The monoisotopic (exact) mass is 2050 g/mol. The zero-order valence-electron chi connectivity index (χ0n) is 76.9. The summed E-state index contributed by atoms with van der Waals surface area (Å²) in [5, 5.41) is 90.0. The van der Waals surface area contributed by atoms with Crippen LogP contribution in [0.25, 0.3) is 0 Å². The number of aromatic hydroxyl groups is 7. The molecule has 0 bridgehead atoms. The van der Waals surface area contributed by atoms with E-state index in [1.807, 2.05) is 5.32 Å². The highest BCUT2D eigenvalue weighted by atomic mass is 79.9. The second-order valence-electron chi connectivity index (χ2n) is 31.2. The van der Waals surface area contributed by atoms with Crippen molar-refractivity contribution in [2.45, 2.75) is 38.2 Å². The van der Waals surface area contributed by atoms with E-state index in [1.165, 1.54) is 123 Å². The first-order valence-electron chi connectivity index (χ1n) is 40.9. The lowest BCUT2D eigenvalue weighted by atomic mass is 10.1. The number of quaternary nitrogens is 1. The number of alkyl halides is 6. The van der Waals surface area contributed by atoms with Crippen LogP contribution in [0.5, 0.6) is 51.7 Å². The molecule has 1 atom stereocenters. The summed E-state index contributed by atoms with van der Waals surface area (Å²) in [5.41, 5.74) is 43.7. The number of amidine groups is 1. The smallest absolute Gasteiger partial charge is 0.416 e. The Morgan fingerprint density at radius 2 is 0.921 bits per heavy atom. The number of nitrogens with zero attached hydrogens (tertiary/aromatic N) is 5. The van der Waals surface area contributed by atoms with Gasteiger partial charge in [-0.15, -0.1) is 0 Å². The normalized spacial score (nSPS) is 12.9. The largest absolute Gasteiger partial charge is 0.507 e. The van der Waals surface area contributed by atoms with Gasteiger partial charge in [0.1, 0.15) is 56.1 Å². The van der Waals surface area contributed by atoms with Gasteiger partial charge in [-0.3, -0.25) is 58.0 Å². The fourth-order valence-electron chi connectivity index (χ4n) is 12.8. The Kier molecular flexibility index (Phi) is 42.6. The second-order valence-corrected chi connectivity index (χ2v) is 33.5. The minimum absolute atomic E-state index is 0. The number of methoxy groups -OCH3 is 2. The third-order valence-electron chi connectivity index (χ3n) is 20.1. The number of ether oxygens (including phenoxy) is 2. The molecule has 2 fully saturated rings. The Balaban J connectivity index is 0.000000340. The van der Waals surface area contributed by atoms with Gasteiger partial charge in [-0.05, 0) is 181 Å². The number of hydrogen-bond donors (Lipinski definition) is 23. The molecule has 2 saturated heterocycles. The zero-order chi connectivity index (χ0) is 104. The van der Waals surface area contributed by atoms with Crippen LogP contribution in [0.15, 0.2) is 144 Å². The SMILES string of the molecule is CCN1CCCC1CNC(=O)c1c(O)ccc(N)c1OC.CN(C)C(=O)c1cc(N)cc(C(=O)N(C)C)c1O.CNC(=O)c1cc(N)cc(C(=O)NC)c1O.COc1c(N)cc(C(=O)N2CC[N+](C)(C)CC2)c(O)c1Br.N=C(N)c1ccc(NC(=O)c2cc(N)ccc2O)cc1.Nc1ccc(O)c(C(=O)NCCS(=O)(=O)O)c1.Nc1ccc(O)c(C(=O)Nc2cc(C(F)(F)F)cc(C(F)(F)F)c2)c1.S. The van der Waals surface area contributed by atoms with Gasteiger partial charge < -0.3 is 142 Å². The van der Waals surface area contributed by atoms with Crippen LogP contribution in [0.4, 0.5) is 77.5 Å². The molecule has 50 heteroatoms. The highest BCUT2D eigenvalue weighted by Gasteiger charge is 2.38. The van der Waals surface area contributed by atoms with E-state index in [9.17, 15) is 114 Å². The lowest BCUT2D eigenvalue weighted by Crippen LogP contribution is -2.56. The van der Waals surface area contributed by atoms with Crippen LogP contribution >= 0.6 is 29.4 Å². The molecule has 0 saturated carbocycles. The molecular formula is C89H112BrF6N20O21S2+. The average Bonchev–Trinajstić information content (AvgIpc) is 1.56. The van der Waals surface area contributed by atoms with Crippen molar-refractivity contribution in [3.05, 3.63) is 211 Å². The van der Waals surface area contributed by atoms with Crippen LogP contribution in [-0.4, -0.2) is 267 Å². The van der Waals surface area contributed by atoms with E-state index in [1.54, 1.807) is 57.4 Å². The number of nitrogens with two attached hydrogens (primary N) is 8. The van der Waals surface area contributed by atoms with Gasteiger partial charge in [0.15, 0.2) is 11.5 Å². The van der Waals surface area contributed by atoms with E-state index < -0.39 is 97.7 Å². The van der Waals surface area contributed by atoms with Crippen molar-refractivity contribution in [3.8, 4) is 51.7 Å². The Morgan fingerprint density at radius 3 is 1.32 bits per heavy atom. The molecule has 0 aromatic heterocycles. The Hall–Kier alpha value is -15.3. The zero-order valence-corrected chi connectivity index (χ0v) is 80.3. The summed E-state index contributed by atoms with van der Waals surface area (Å²) in [5.74, 6) is -6.66. The fraction of sp³-hybridized carbons (Fsp3) is 0.281. The molecule has 2 heterocycles. The van der Waals surface area contributed by atoms with Crippen molar-refractivity contribution in [2.75, 3.05) is 179 Å². The van der Waals surface area contributed by atoms with Gasteiger partial charge >= 0.3 is 12.4 Å². The number of amides is 9. The van der Waals surface area contributed by atoms with Crippen molar-refractivity contribution < 1.29 is 132 Å². The fourth-order valence-corrected chi connectivity index (χ4v) is 13.7. The van der Waals surface area contributed by atoms with Crippen LogP contribution in [-0.2, 0) is 22.5 Å². The van der Waals surface area contributed by atoms with Crippen LogP contribution in [0, 0.1) is 5.41 Å².